The third-order valence-corrected chi connectivity index (χ3v) is 6.19. The highest BCUT2D eigenvalue weighted by Gasteiger charge is 2.48. The maximum Gasteiger partial charge on any atom is 0.225 e. The first kappa shape index (κ1) is 11.3. The van der Waals surface area contributed by atoms with Crippen LogP contribution in [0.4, 0.5) is 0 Å². The van der Waals surface area contributed by atoms with Crippen molar-refractivity contribution in [1.29, 1.82) is 0 Å². The molecule has 0 aromatic carbocycles. The maximum atomic E-state index is 12.6. The Morgan fingerprint density at radius 2 is 1.83 bits per heavy atom. The fourth-order valence-corrected chi connectivity index (χ4v) is 5.20. The Balaban J connectivity index is 1.44. The van der Waals surface area contributed by atoms with Crippen LogP contribution >= 0.6 is 0 Å². The van der Waals surface area contributed by atoms with Crippen molar-refractivity contribution in [3.8, 4) is 0 Å². The highest BCUT2D eigenvalue weighted by molar-refractivity contribution is 5.80. The SMILES string of the molecule is O=C(C1CC2CCC1C2)N1CC2CCC(O)C2C1. The van der Waals surface area contributed by atoms with Crippen LogP contribution in [-0.2, 0) is 4.79 Å². The average Bonchev–Trinajstić information content (AvgIpc) is 3.09. The Morgan fingerprint density at radius 3 is 2.50 bits per heavy atom. The molecule has 3 saturated carbocycles. The number of hydrogen-bond donors (Lipinski definition) is 1. The lowest BCUT2D eigenvalue weighted by atomic mass is 9.88. The van der Waals surface area contributed by atoms with Crippen LogP contribution in [0.2, 0.25) is 0 Å². The quantitative estimate of drug-likeness (QED) is 0.767. The molecule has 1 N–H and O–H groups in total. The Bertz CT molecular complexity index is 370. The zero-order valence-electron chi connectivity index (χ0n) is 10.9. The van der Waals surface area contributed by atoms with Crippen LogP contribution in [0.5, 0.6) is 0 Å². The molecular formula is C15H23NO2. The van der Waals surface area contributed by atoms with E-state index in [4.69, 9.17) is 0 Å². The molecule has 3 aliphatic carbocycles. The molecule has 100 valence electrons. The fraction of sp³-hybridized carbons (Fsp3) is 0.933. The maximum absolute atomic E-state index is 12.6. The van der Waals surface area contributed by atoms with Gasteiger partial charge in [0.25, 0.3) is 0 Å². The third-order valence-electron chi connectivity index (χ3n) is 6.19. The van der Waals surface area contributed by atoms with Crippen molar-refractivity contribution in [2.24, 2.45) is 29.6 Å². The highest BCUT2D eigenvalue weighted by atomic mass is 16.3. The minimum atomic E-state index is -0.146. The molecule has 0 aromatic rings. The number of hydrogen-bond acceptors (Lipinski definition) is 2. The molecule has 4 rings (SSSR count). The number of carbonyl (C=O) groups excluding carboxylic acids is 1. The Morgan fingerprint density at radius 1 is 1.00 bits per heavy atom. The summed E-state index contributed by atoms with van der Waals surface area (Å²) in [5.41, 5.74) is 0. The van der Waals surface area contributed by atoms with Crippen molar-refractivity contribution < 1.29 is 9.90 Å². The summed E-state index contributed by atoms with van der Waals surface area (Å²) in [6.45, 7) is 1.76. The molecule has 1 aliphatic heterocycles. The van der Waals surface area contributed by atoms with Gasteiger partial charge in [-0.2, -0.15) is 0 Å². The number of likely N-dealkylation sites (tertiary alicyclic amines) is 1. The van der Waals surface area contributed by atoms with Crippen molar-refractivity contribution in [3.63, 3.8) is 0 Å². The summed E-state index contributed by atoms with van der Waals surface area (Å²) < 4.78 is 0. The normalized spacial score (nSPS) is 49.9. The highest BCUT2D eigenvalue weighted by Crippen LogP contribution is 2.49. The summed E-state index contributed by atoms with van der Waals surface area (Å²) in [5.74, 6) is 3.25. The molecule has 3 nitrogen and oxygen atoms in total. The van der Waals surface area contributed by atoms with Crippen LogP contribution in [0.15, 0.2) is 0 Å². The molecule has 6 unspecified atom stereocenters. The van der Waals surface area contributed by atoms with Crippen molar-refractivity contribution in [2.45, 2.75) is 44.6 Å². The second-order valence-corrected chi connectivity index (χ2v) is 7.09. The molecule has 6 atom stereocenters. The van der Waals surface area contributed by atoms with E-state index in [1.165, 1.54) is 19.3 Å². The monoisotopic (exact) mass is 249 g/mol. The van der Waals surface area contributed by atoms with Gasteiger partial charge in [0.2, 0.25) is 5.91 Å². The van der Waals surface area contributed by atoms with E-state index < -0.39 is 0 Å². The Kier molecular flexibility index (Phi) is 2.48. The van der Waals surface area contributed by atoms with Gasteiger partial charge >= 0.3 is 0 Å². The summed E-state index contributed by atoms with van der Waals surface area (Å²) in [6, 6.07) is 0. The predicted octanol–water partition coefficient (Wildman–Crippen LogP) is 1.65. The summed E-state index contributed by atoms with van der Waals surface area (Å²) in [5, 5.41) is 9.93. The number of carbonyl (C=O) groups is 1. The first-order valence-corrected chi connectivity index (χ1v) is 7.69. The molecule has 2 bridgehead atoms. The molecule has 1 amide bonds. The summed E-state index contributed by atoms with van der Waals surface area (Å²) >= 11 is 0. The molecule has 1 saturated heterocycles. The van der Waals surface area contributed by atoms with Crippen molar-refractivity contribution in [2.75, 3.05) is 13.1 Å². The first-order valence-electron chi connectivity index (χ1n) is 7.69. The number of fused-ring (bicyclic) bond motifs is 3. The van der Waals surface area contributed by atoms with Gasteiger partial charge in [0.05, 0.1) is 6.10 Å². The van der Waals surface area contributed by atoms with Crippen LogP contribution < -0.4 is 0 Å². The number of nitrogens with zero attached hydrogens (tertiary/aromatic N) is 1. The van der Waals surface area contributed by atoms with Crippen LogP contribution in [-0.4, -0.2) is 35.1 Å². The van der Waals surface area contributed by atoms with Gasteiger partial charge < -0.3 is 10.0 Å². The van der Waals surface area contributed by atoms with Gasteiger partial charge in [0, 0.05) is 24.9 Å². The second kappa shape index (κ2) is 3.96. The van der Waals surface area contributed by atoms with E-state index in [-0.39, 0.29) is 6.10 Å². The molecule has 4 aliphatic rings. The van der Waals surface area contributed by atoms with E-state index >= 15 is 0 Å². The minimum Gasteiger partial charge on any atom is -0.393 e. The molecule has 0 spiro atoms. The number of aliphatic hydroxyl groups excluding tert-OH is 1. The van der Waals surface area contributed by atoms with Crippen LogP contribution in [0.1, 0.15) is 38.5 Å². The van der Waals surface area contributed by atoms with E-state index in [2.05, 4.69) is 4.90 Å². The van der Waals surface area contributed by atoms with E-state index in [1.807, 2.05) is 0 Å². The third kappa shape index (κ3) is 1.56. The molecule has 1 heterocycles. The second-order valence-electron chi connectivity index (χ2n) is 7.09. The average molecular weight is 249 g/mol. The summed E-state index contributed by atoms with van der Waals surface area (Å²) in [7, 11) is 0. The van der Waals surface area contributed by atoms with Crippen LogP contribution in [0, 0.1) is 29.6 Å². The molecule has 18 heavy (non-hydrogen) atoms. The topological polar surface area (TPSA) is 40.5 Å². The lowest BCUT2D eigenvalue weighted by molar-refractivity contribution is -0.136. The van der Waals surface area contributed by atoms with Gasteiger partial charge in [-0.1, -0.05) is 6.42 Å². The van der Waals surface area contributed by atoms with Crippen LogP contribution in [0.3, 0.4) is 0 Å². The van der Waals surface area contributed by atoms with Gasteiger partial charge in [0.1, 0.15) is 0 Å². The zero-order valence-corrected chi connectivity index (χ0v) is 10.9. The largest absolute Gasteiger partial charge is 0.393 e. The van der Waals surface area contributed by atoms with Gasteiger partial charge in [-0.25, -0.2) is 0 Å². The van der Waals surface area contributed by atoms with E-state index in [9.17, 15) is 9.90 Å². The van der Waals surface area contributed by atoms with Gasteiger partial charge in [-0.15, -0.1) is 0 Å². The molecule has 3 heteroatoms. The lowest BCUT2D eigenvalue weighted by Gasteiger charge is -2.27. The van der Waals surface area contributed by atoms with Gasteiger partial charge in [-0.05, 0) is 49.9 Å². The van der Waals surface area contributed by atoms with Crippen molar-refractivity contribution in [3.05, 3.63) is 0 Å². The molecule has 0 aromatic heterocycles. The number of aliphatic hydroxyl groups is 1. The van der Waals surface area contributed by atoms with Crippen molar-refractivity contribution >= 4 is 5.91 Å². The number of rotatable bonds is 1. The van der Waals surface area contributed by atoms with E-state index in [1.54, 1.807) is 0 Å². The molecule has 0 radical (unpaired) electrons. The minimum absolute atomic E-state index is 0.146. The van der Waals surface area contributed by atoms with E-state index in [0.29, 0.717) is 29.6 Å². The Hall–Kier alpha value is -0.570. The van der Waals surface area contributed by atoms with Crippen LogP contribution in [0.25, 0.3) is 0 Å². The lowest BCUT2D eigenvalue weighted by Crippen LogP contribution is -2.37. The van der Waals surface area contributed by atoms with E-state index in [0.717, 1.165) is 38.3 Å². The van der Waals surface area contributed by atoms with Gasteiger partial charge in [-0.3, -0.25) is 4.79 Å². The van der Waals surface area contributed by atoms with Gasteiger partial charge in [0.15, 0.2) is 0 Å². The summed E-state index contributed by atoms with van der Waals surface area (Å²) in [4.78, 5) is 14.7. The zero-order chi connectivity index (χ0) is 12.3. The first-order chi connectivity index (χ1) is 8.72. The predicted molar refractivity (Wildman–Crippen MR) is 67.7 cm³/mol. The molecule has 4 fully saturated rings. The standard InChI is InChI=1S/C15H23NO2/c17-14-4-3-11-7-16(8-13(11)14)15(18)12-6-9-1-2-10(12)5-9/h9-14,17H,1-8H2. The number of amides is 1. The Labute approximate surface area is 109 Å². The fourth-order valence-electron chi connectivity index (χ4n) is 5.20. The smallest absolute Gasteiger partial charge is 0.225 e. The van der Waals surface area contributed by atoms with Crippen molar-refractivity contribution in [1.82, 2.24) is 4.90 Å². The molecular weight excluding hydrogens is 226 g/mol. The summed E-state index contributed by atoms with van der Waals surface area (Å²) in [6.07, 6.45) is 7.02.